The van der Waals surface area contributed by atoms with Crippen molar-refractivity contribution in [1.29, 1.82) is 0 Å². The van der Waals surface area contributed by atoms with Crippen molar-refractivity contribution in [1.82, 2.24) is 5.32 Å². The highest BCUT2D eigenvalue weighted by Gasteiger charge is 2.24. The molecule has 0 bridgehead atoms. The van der Waals surface area contributed by atoms with Crippen LogP contribution in [0.1, 0.15) is 58.2 Å². The zero-order valence-corrected chi connectivity index (χ0v) is 14.5. The van der Waals surface area contributed by atoms with E-state index >= 15 is 0 Å². The summed E-state index contributed by atoms with van der Waals surface area (Å²) in [4.78, 5) is 11.8. The van der Waals surface area contributed by atoms with E-state index in [-0.39, 0.29) is 11.5 Å². The van der Waals surface area contributed by atoms with Crippen molar-refractivity contribution in [3.8, 4) is 0 Å². The van der Waals surface area contributed by atoms with Gasteiger partial charge in [0.05, 0.1) is 0 Å². The summed E-state index contributed by atoms with van der Waals surface area (Å²) in [6, 6.07) is 6.30. The number of hydrogen-bond donors (Lipinski definition) is 1. The van der Waals surface area contributed by atoms with E-state index in [1.165, 1.54) is 16.7 Å². The molecule has 0 unspecified atom stereocenters. The topological polar surface area (TPSA) is 38.3 Å². The van der Waals surface area contributed by atoms with Gasteiger partial charge in [-0.05, 0) is 49.3 Å². The minimum absolute atomic E-state index is 0.175. The van der Waals surface area contributed by atoms with Crippen LogP contribution in [-0.2, 0) is 17.7 Å². The first-order valence-electron chi connectivity index (χ1n) is 7.85. The molecule has 1 aliphatic rings. The van der Waals surface area contributed by atoms with Gasteiger partial charge >= 0.3 is 6.09 Å². The van der Waals surface area contributed by atoms with Crippen LogP contribution < -0.4 is 5.32 Å². The highest BCUT2D eigenvalue weighted by Crippen LogP contribution is 2.37. The molecule has 3 heteroatoms. The molecule has 0 radical (unpaired) electrons. The van der Waals surface area contributed by atoms with Crippen molar-refractivity contribution in [2.75, 3.05) is 0 Å². The van der Waals surface area contributed by atoms with Crippen LogP contribution >= 0.6 is 0 Å². The molecule has 0 fully saturated rings. The Morgan fingerprint density at radius 2 is 1.86 bits per heavy atom. The largest absolute Gasteiger partial charge is 0.444 e. The lowest BCUT2D eigenvalue weighted by Gasteiger charge is -2.20. The van der Waals surface area contributed by atoms with Crippen LogP contribution in [0.5, 0.6) is 0 Å². The average Bonchev–Trinajstić information content (AvgIpc) is 2.78. The second kappa shape index (κ2) is 5.79. The molecule has 22 heavy (non-hydrogen) atoms. The second-order valence-corrected chi connectivity index (χ2v) is 7.94. The van der Waals surface area contributed by atoms with E-state index in [1.807, 2.05) is 20.8 Å². The first kappa shape index (κ1) is 16.6. The summed E-state index contributed by atoms with van der Waals surface area (Å²) in [5.41, 5.74) is 4.88. The molecule has 1 aromatic rings. The van der Waals surface area contributed by atoms with Crippen LogP contribution in [0.15, 0.2) is 23.8 Å². The minimum atomic E-state index is -0.470. The highest BCUT2D eigenvalue weighted by molar-refractivity contribution is 5.70. The Morgan fingerprint density at radius 3 is 2.45 bits per heavy atom. The normalized spacial score (nSPS) is 14.4. The Bertz CT molecular complexity index is 601. The number of benzene rings is 1. The summed E-state index contributed by atoms with van der Waals surface area (Å²) in [6.07, 6.45) is 2.91. The molecular formula is C19H27NO2. The molecule has 2 rings (SSSR count). The lowest BCUT2D eigenvalue weighted by molar-refractivity contribution is 0.0523. The number of carbonyl (C=O) groups is 1. The van der Waals surface area contributed by atoms with E-state index < -0.39 is 5.60 Å². The molecule has 0 aliphatic heterocycles. The molecule has 120 valence electrons. The summed E-state index contributed by atoms with van der Waals surface area (Å²) in [7, 11) is 0. The predicted molar refractivity (Wildman–Crippen MR) is 90.7 cm³/mol. The SMILES string of the molecule is CC(C)(C)OC(=O)NCc1cccc2c1C=C(C(C)(C)C)C2. The van der Waals surface area contributed by atoms with Gasteiger partial charge in [0.15, 0.2) is 0 Å². The molecule has 3 nitrogen and oxygen atoms in total. The summed E-state index contributed by atoms with van der Waals surface area (Å²) in [5, 5.41) is 2.85. The molecule has 0 saturated heterocycles. The fourth-order valence-electron chi connectivity index (χ4n) is 2.55. The lowest BCUT2D eigenvalue weighted by atomic mass is 9.85. The van der Waals surface area contributed by atoms with Crippen LogP contribution in [-0.4, -0.2) is 11.7 Å². The number of hydrogen-bond acceptors (Lipinski definition) is 2. The number of alkyl carbamates (subject to hydrolysis) is 1. The van der Waals surface area contributed by atoms with Gasteiger partial charge in [-0.15, -0.1) is 0 Å². The van der Waals surface area contributed by atoms with Crippen LogP contribution in [0.2, 0.25) is 0 Å². The van der Waals surface area contributed by atoms with Gasteiger partial charge in [-0.3, -0.25) is 0 Å². The summed E-state index contributed by atoms with van der Waals surface area (Å²) >= 11 is 0. The Hall–Kier alpha value is -1.77. The lowest BCUT2D eigenvalue weighted by Crippen LogP contribution is -2.32. The Morgan fingerprint density at radius 1 is 1.18 bits per heavy atom. The number of rotatable bonds is 2. The van der Waals surface area contributed by atoms with Crippen LogP contribution in [0, 0.1) is 5.41 Å². The summed E-state index contributed by atoms with van der Waals surface area (Å²) < 4.78 is 5.29. The molecule has 0 aromatic heterocycles. The van der Waals surface area contributed by atoms with E-state index in [2.05, 4.69) is 50.4 Å². The Kier molecular flexibility index (Phi) is 4.37. The zero-order chi connectivity index (χ0) is 16.5. The van der Waals surface area contributed by atoms with E-state index in [1.54, 1.807) is 0 Å². The third kappa shape index (κ3) is 4.12. The Balaban J connectivity index is 2.11. The van der Waals surface area contributed by atoms with E-state index in [0.717, 1.165) is 12.0 Å². The number of amides is 1. The minimum Gasteiger partial charge on any atom is -0.444 e. The van der Waals surface area contributed by atoms with Gasteiger partial charge in [0.1, 0.15) is 5.60 Å². The average molecular weight is 301 g/mol. The quantitative estimate of drug-likeness (QED) is 0.860. The molecule has 1 aliphatic carbocycles. The van der Waals surface area contributed by atoms with Crippen molar-refractivity contribution in [2.24, 2.45) is 5.41 Å². The van der Waals surface area contributed by atoms with Gasteiger partial charge in [0, 0.05) is 6.54 Å². The summed E-state index contributed by atoms with van der Waals surface area (Å²) in [6.45, 7) is 12.8. The molecule has 1 amide bonds. The number of nitrogens with one attached hydrogen (secondary N) is 1. The van der Waals surface area contributed by atoms with E-state index in [0.29, 0.717) is 6.54 Å². The number of ether oxygens (including phenoxy) is 1. The number of allylic oxidation sites excluding steroid dienone is 1. The predicted octanol–water partition coefficient (Wildman–Crippen LogP) is 4.70. The van der Waals surface area contributed by atoms with Gasteiger partial charge in [-0.2, -0.15) is 0 Å². The number of fused-ring (bicyclic) bond motifs is 1. The molecule has 0 saturated carbocycles. The molecule has 1 N–H and O–H groups in total. The fraction of sp³-hybridized carbons (Fsp3) is 0.526. The monoisotopic (exact) mass is 301 g/mol. The highest BCUT2D eigenvalue weighted by atomic mass is 16.6. The first-order chi connectivity index (χ1) is 10.1. The summed E-state index contributed by atoms with van der Waals surface area (Å²) in [5.74, 6) is 0. The van der Waals surface area contributed by atoms with Gasteiger partial charge in [-0.1, -0.05) is 50.6 Å². The molecule has 0 heterocycles. The van der Waals surface area contributed by atoms with Crippen molar-refractivity contribution in [3.05, 3.63) is 40.5 Å². The van der Waals surface area contributed by atoms with Gasteiger partial charge in [0.25, 0.3) is 0 Å². The van der Waals surface area contributed by atoms with Gasteiger partial charge < -0.3 is 10.1 Å². The van der Waals surface area contributed by atoms with Gasteiger partial charge in [-0.25, -0.2) is 4.79 Å². The fourth-order valence-corrected chi connectivity index (χ4v) is 2.55. The van der Waals surface area contributed by atoms with Crippen LogP contribution in [0.25, 0.3) is 6.08 Å². The second-order valence-electron chi connectivity index (χ2n) is 7.94. The third-order valence-electron chi connectivity index (χ3n) is 3.77. The maximum Gasteiger partial charge on any atom is 0.407 e. The van der Waals surface area contributed by atoms with Crippen molar-refractivity contribution in [2.45, 2.75) is 60.1 Å². The third-order valence-corrected chi connectivity index (χ3v) is 3.77. The smallest absolute Gasteiger partial charge is 0.407 e. The first-order valence-corrected chi connectivity index (χ1v) is 7.85. The molecule has 0 atom stereocenters. The maximum absolute atomic E-state index is 11.8. The van der Waals surface area contributed by atoms with Crippen LogP contribution in [0.4, 0.5) is 4.79 Å². The van der Waals surface area contributed by atoms with Gasteiger partial charge in [0.2, 0.25) is 0 Å². The number of carbonyl (C=O) groups excluding carboxylic acids is 1. The van der Waals surface area contributed by atoms with E-state index in [9.17, 15) is 4.79 Å². The van der Waals surface area contributed by atoms with Crippen molar-refractivity contribution < 1.29 is 9.53 Å². The molecule has 1 aromatic carbocycles. The standard InChI is InChI=1S/C19H27NO2/c1-18(2,3)15-10-13-8-7-9-14(16(13)11-15)12-20-17(21)22-19(4,5)6/h7-9,11H,10,12H2,1-6H3,(H,20,21). The van der Waals surface area contributed by atoms with Crippen molar-refractivity contribution >= 4 is 12.2 Å². The molecular weight excluding hydrogens is 274 g/mol. The van der Waals surface area contributed by atoms with Crippen LogP contribution in [0.3, 0.4) is 0 Å². The maximum atomic E-state index is 11.8. The van der Waals surface area contributed by atoms with Crippen molar-refractivity contribution in [3.63, 3.8) is 0 Å². The van der Waals surface area contributed by atoms with E-state index in [4.69, 9.17) is 4.74 Å². The Labute approximate surface area is 133 Å². The zero-order valence-electron chi connectivity index (χ0n) is 14.5. The molecule has 0 spiro atoms.